The monoisotopic (exact) mass is 490 g/mol. The number of benzene rings is 3. The lowest BCUT2D eigenvalue weighted by atomic mass is 10.0. The molecule has 0 amide bonds. The van der Waals surface area contributed by atoms with Gasteiger partial charge in [0.05, 0.1) is 6.42 Å². The van der Waals surface area contributed by atoms with Crippen molar-refractivity contribution in [2.75, 3.05) is 44.4 Å². The van der Waals surface area contributed by atoms with Crippen molar-refractivity contribution in [3.05, 3.63) is 90.0 Å². The molecule has 0 aromatic heterocycles. The zero-order valence-electron chi connectivity index (χ0n) is 19.6. The second kappa shape index (κ2) is 13.0. The van der Waals surface area contributed by atoms with E-state index in [0.717, 1.165) is 42.4 Å². The number of thioether (sulfide) groups is 1. The summed E-state index contributed by atoms with van der Waals surface area (Å²) in [5.41, 5.74) is 5.01. The summed E-state index contributed by atoms with van der Waals surface area (Å²) in [4.78, 5) is 19.0. The Bertz CT molecular complexity index is 1110. The van der Waals surface area contributed by atoms with Gasteiger partial charge in [0, 0.05) is 36.7 Å². The summed E-state index contributed by atoms with van der Waals surface area (Å²) < 4.78 is 5.73. The second-order valence-electron chi connectivity index (χ2n) is 8.27. The van der Waals surface area contributed by atoms with E-state index in [2.05, 4.69) is 46.5 Å². The first-order chi connectivity index (χ1) is 17.2. The van der Waals surface area contributed by atoms with E-state index < -0.39 is 5.97 Å². The van der Waals surface area contributed by atoms with Gasteiger partial charge < -0.3 is 14.7 Å². The van der Waals surface area contributed by atoms with Crippen LogP contribution in [0.15, 0.2) is 84.0 Å². The highest BCUT2D eigenvalue weighted by molar-refractivity contribution is 7.99. The lowest BCUT2D eigenvalue weighted by molar-refractivity contribution is -0.136. The molecule has 182 valence electrons. The van der Waals surface area contributed by atoms with Crippen LogP contribution in [-0.4, -0.2) is 66.0 Å². The number of hydrogen-bond donors (Lipinski definition) is 1. The standard InChI is InChI=1S/C28H30N2O4S/c31-28(32)20-22-5-4-8-26(19-22)33-15-16-34-29-27(21-30-13-17-35-18-14-30)25-11-9-24(10-12-25)23-6-2-1-3-7-23/h1-12,19H,13-18,20-21H2,(H,31,32)/b29-27+. The van der Waals surface area contributed by atoms with E-state index in [0.29, 0.717) is 24.5 Å². The van der Waals surface area contributed by atoms with Crippen molar-refractivity contribution >= 4 is 23.4 Å². The van der Waals surface area contributed by atoms with Crippen molar-refractivity contribution in [1.82, 2.24) is 4.90 Å². The zero-order valence-corrected chi connectivity index (χ0v) is 20.5. The maximum Gasteiger partial charge on any atom is 0.307 e. The van der Waals surface area contributed by atoms with Gasteiger partial charge in [0.1, 0.15) is 18.1 Å². The first-order valence-corrected chi connectivity index (χ1v) is 12.9. The number of carboxylic acids is 1. The van der Waals surface area contributed by atoms with Gasteiger partial charge in [0.15, 0.2) is 6.61 Å². The number of carbonyl (C=O) groups is 1. The fraction of sp³-hybridized carbons (Fsp3) is 0.286. The lowest BCUT2D eigenvalue weighted by Crippen LogP contribution is -2.37. The van der Waals surface area contributed by atoms with Gasteiger partial charge in [-0.15, -0.1) is 0 Å². The maximum atomic E-state index is 10.9. The Morgan fingerprint density at radius 3 is 2.40 bits per heavy atom. The SMILES string of the molecule is O=C(O)Cc1cccc(OCCO/N=C(\CN2CCSCC2)c2ccc(-c3ccccc3)cc2)c1. The predicted octanol–water partition coefficient (Wildman–Crippen LogP) is 4.83. The normalized spacial score (nSPS) is 14.5. The summed E-state index contributed by atoms with van der Waals surface area (Å²) >= 11 is 1.99. The number of hydrogen-bond acceptors (Lipinski definition) is 6. The highest BCUT2D eigenvalue weighted by atomic mass is 32.2. The van der Waals surface area contributed by atoms with Crippen molar-refractivity contribution < 1.29 is 19.5 Å². The molecule has 1 fully saturated rings. The van der Waals surface area contributed by atoms with E-state index in [-0.39, 0.29) is 6.42 Å². The third-order valence-corrected chi connectivity index (χ3v) is 6.62. The van der Waals surface area contributed by atoms with Crippen molar-refractivity contribution in [2.24, 2.45) is 5.16 Å². The number of nitrogens with zero attached hydrogens (tertiary/aromatic N) is 2. The fourth-order valence-electron chi connectivity index (χ4n) is 3.87. The topological polar surface area (TPSA) is 71.4 Å². The van der Waals surface area contributed by atoms with Crippen molar-refractivity contribution in [3.63, 3.8) is 0 Å². The fourth-order valence-corrected chi connectivity index (χ4v) is 4.85. The van der Waals surface area contributed by atoms with Gasteiger partial charge >= 0.3 is 5.97 Å². The molecule has 3 aromatic rings. The van der Waals surface area contributed by atoms with Crippen molar-refractivity contribution in [2.45, 2.75) is 6.42 Å². The molecular weight excluding hydrogens is 460 g/mol. The van der Waals surface area contributed by atoms with E-state index in [1.165, 1.54) is 11.1 Å². The van der Waals surface area contributed by atoms with E-state index in [1.807, 2.05) is 36.0 Å². The van der Waals surface area contributed by atoms with Crippen LogP contribution in [0.1, 0.15) is 11.1 Å². The smallest absolute Gasteiger partial charge is 0.307 e. The van der Waals surface area contributed by atoms with Crippen LogP contribution >= 0.6 is 11.8 Å². The first-order valence-electron chi connectivity index (χ1n) is 11.8. The molecule has 7 heteroatoms. The largest absolute Gasteiger partial charge is 0.490 e. The molecule has 0 radical (unpaired) electrons. The highest BCUT2D eigenvalue weighted by Crippen LogP contribution is 2.20. The molecule has 0 spiro atoms. The zero-order chi connectivity index (χ0) is 24.3. The van der Waals surface area contributed by atoms with Crippen LogP contribution in [0.4, 0.5) is 0 Å². The molecule has 1 saturated heterocycles. The van der Waals surface area contributed by atoms with E-state index in [4.69, 9.17) is 14.7 Å². The number of ether oxygens (including phenoxy) is 1. The second-order valence-corrected chi connectivity index (χ2v) is 9.49. The average molecular weight is 491 g/mol. The molecule has 1 heterocycles. The van der Waals surface area contributed by atoms with Gasteiger partial charge in [-0.25, -0.2) is 0 Å². The summed E-state index contributed by atoms with van der Waals surface area (Å²) in [6, 6.07) is 25.9. The lowest BCUT2D eigenvalue weighted by Gasteiger charge is -2.26. The van der Waals surface area contributed by atoms with E-state index in [1.54, 1.807) is 18.2 Å². The molecular formula is C28H30N2O4S. The van der Waals surface area contributed by atoms with Crippen LogP contribution in [0.2, 0.25) is 0 Å². The molecule has 0 atom stereocenters. The summed E-state index contributed by atoms with van der Waals surface area (Å²) in [5, 5.41) is 13.4. The van der Waals surface area contributed by atoms with Crippen LogP contribution in [-0.2, 0) is 16.1 Å². The third kappa shape index (κ3) is 7.87. The van der Waals surface area contributed by atoms with Crippen LogP contribution < -0.4 is 4.74 Å². The molecule has 0 saturated carbocycles. The van der Waals surface area contributed by atoms with E-state index in [9.17, 15) is 4.79 Å². The predicted molar refractivity (Wildman–Crippen MR) is 141 cm³/mol. The third-order valence-electron chi connectivity index (χ3n) is 5.67. The Labute approximate surface area is 210 Å². The Morgan fingerprint density at radius 1 is 0.914 bits per heavy atom. The molecule has 0 unspecified atom stereocenters. The molecule has 4 rings (SSSR count). The van der Waals surface area contributed by atoms with Gasteiger partial charge in [0.2, 0.25) is 0 Å². The number of carboxylic acid groups (broad SMARTS) is 1. The van der Waals surface area contributed by atoms with Crippen LogP contribution in [0.25, 0.3) is 11.1 Å². The Hall–Kier alpha value is -3.29. The Morgan fingerprint density at radius 2 is 1.66 bits per heavy atom. The molecule has 6 nitrogen and oxygen atoms in total. The quantitative estimate of drug-likeness (QED) is 0.236. The van der Waals surface area contributed by atoms with Gasteiger partial charge in [0.25, 0.3) is 0 Å². The van der Waals surface area contributed by atoms with Gasteiger partial charge in [-0.1, -0.05) is 71.9 Å². The number of oxime groups is 1. The molecule has 0 bridgehead atoms. The molecule has 3 aromatic carbocycles. The molecule has 1 aliphatic heterocycles. The summed E-state index contributed by atoms with van der Waals surface area (Å²) in [7, 11) is 0. The summed E-state index contributed by atoms with van der Waals surface area (Å²) in [6.07, 6.45) is -0.0284. The van der Waals surface area contributed by atoms with Crippen LogP contribution in [0.3, 0.4) is 0 Å². The molecule has 1 N–H and O–H groups in total. The first kappa shape index (κ1) is 24.8. The number of rotatable bonds is 11. The minimum Gasteiger partial charge on any atom is -0.490 e. The van der Waals surface area contributed by atoms with Crippen LogP contribution in [0, 0.1) is 0 Å². The van der Waals surface area contributed by atoms with Crippen molar-refractivity contribution in [1.29, 1.82) is 0 Å². The van der Waals surface area contributed by atoms with Crippen LogP contribution in [0.5, 0.6) is 5.75 Å². The van der Waals surface area contributed by atoms with Gasteiger partial charge in [-0.05, 0) is 28.8 Å². The Balaban J connectivity index is 1.38. The Kier molecular flexibility index (Phi) is 9.20. The van der Waals surface area contributed by atoms with Gasteiger partial charge in [-0.2, -0.15) is 11.8 Å². The summed E-state index contributed by atoms with van der Waals surface area (Å²) in [5.74, 6) is 2.03. The van der Waals surface area contributed by atoms with E-state index >= 15 is 0 Å². The maximum absolute atomic E-state index is 10.9. The summed E-state index contributed by atoms with van der Waals surface area (Å²) in [6.45, 7) is 3.44. The minimum atomic E-state index is -0.864. The molecule has 35 heavy (non-hydrogen) atoms. The molecule has 0 aliphatic carbocycles. The average Bonchev–Trinajstić information content (AvgIpc) is 2.89. The van der Waals surface area contributed by atoms with Gasteiger partial charge in [-0.3, -0.25) is 9.69 Å². The highest BCUT2D eigenvalue weighted by Gasteiger charge is 2.15. The molecule has 1 aliphatic rings. The number of aliphatic carboxylic acids is 1. The minimum absolute atomic E-state index is 0.0284. The van der Waals surface area contributed by atoms with Crippen molar-refractivity contribution in [3.8, 4) is 16.9 Å².